The summed E-state index contributed by atoms with van der Waals surface area (Å²) in [5.41, 5.74) is 1.31. The highest BCUT2D eigenvalue weighted by molar-refractivity contribution is 6.36. The summed E-state index contributed by atoms with van der Waals surface area (Å²) in [4.78, 5) is 12.0. The molecule has 0 aliphatic heterocycles. The molecule has 0 heterocycles. The Morgan fingerprint density at radius 2 is 1.60 bits per heavy atom. The number of Topliss-reactive ketones (excluding diaryl/α,β-unsaturated/α-hetero) is 1. The number of ether oxygens (including phenoxy) is 1. The monoisotopic (exact) mass is 328 g/mol. The average Bonchev–Trinajstić information content (AvgIpc) is 2.43. The Kier molecular flexibility index (Phi) is 5.44. The number of benzene rings is 2. The summed E-state index contributed by atoms with van der Waals surface area (Å²) in [7, 11) is 0. The summed E-state index contributed by atoms with van der Waals surface area (Å²) in [5, 5.41) is 1.50. The van der Waals surface area contributed by atoms with Crippen molar-refractivity contribution in [2.75, 3.05) is 6.61 Å². The zero-order valence-corrected chi connectivity index (χ0v) is 12.7. The van der Waals surface area contributed by atoms with Crippen LogP contribution >= 0.6 is 34.8 Å². The van der Waals surface area contributed by atoms with E-state index in [4.69, 9.17) is 39.5 Å². The molecule has 0 N–H and O–H groups in total. The third-order valence-corrected chi connectivity index (χ3v) is 3.46. The van der Waals surface area contributed by atoms with E-state index in [9.17, 15) is 4.79 Å². The van der Waals surface area contributed by atoms with E-state index in [2.05, 4.69) is 0 Å². The topological polar surface area (TPSA) is 26.3 Å². The van der Waals surface area contributed by atoms with E-state index < -0.39 is 0 Å². The number of carbonyl (C=O) groups is 1. The molecule has 0 saturated heterocycles. The van der Waals surface area contributed by atoms with Crippen LogP contribution in [0.1, 0.15) is 15.9 Å². The number of ketones is 1. The fourth-order valence-electron chi connectivity index (χ4n) is 1.63. The normalized spacial score (nSPS) is 10.6. The second-order valence-corrected chi connectivity index (χ2v) is 5.45. The van der Waals surface area contributed by atoms with E-state index in [1.165, 1.54) is 6.07 Å². The van der Waals surface area contributed by atoms with Crippen molar-refractivity contribution in [3.8, 4) is 0 Å². The molecule has 5 heteroatoms. The van der Waals surface area contributed by atoms with Gasteiger partial charge in [0.05, 0.1) is 11.6 Å². The summed E-state index contributed by atoms with van der Waals surface area (Å²) >= 11 is 17.6. The maximum atomic E-state index is 12.0. The van der Waals surface area contributed by atoms with Crippen molar-refractivity contribution in [3.63, 3.8) is 0 Å². The minimum absolute atomic E-state index is 0.0529. The molecule has 0 amide bonds. The molecule has 20 heavy (non-hydrogen) atoms. The van der Waals surface area contributed by atoms with E-state index in [1.807, 2.05) is 12.1 Å². The highest BCUT2D eigenvalue weighted by Gasteiger charge is 2.11. The molecule has 0 spiro atoms. The number of carbonyl (C=O) groups excluding carboxylic acids is 1. The molecule has 0 radical (unpaired) electrons. The third-order valence-electron chi connectivity index (χ3n) is 2.64. The number of rotatable bonds is 5. The van der Waals surface area contributed by atoms with E-state index >= 15 is 0 Å². The Labute approximate surface area is 132 Å². The van der Waals surface area contributed by atoms with Crippen LogP contribution in [-0.4, -0.2) is 12.4 Å². The summed E-state index contributed by atoms with van der Waals surface area (Å²) < 4.78 is 5.38. The molecule has 0 aromatic heterocycles. The fraction of sp³-hybridized carbons (Fsp3) is 0.133. The van der Waals surface area contributed by atoms with E-state index in [0.717, 1.165) is 5.56 Å². The van der Waals surface area contributed by atoms with Crippen LogP contribution in [0.4, 0.5) is 0 Å². The first-order valence-electron chi connectivity index (χ1n) is 5.86. The van der Waals surface area contributed by atoms with Gasteiger partial charge in [0.2, 0.25) is 0 Å². The highest BCUT2D eigenvalue weighted by Crippen LogP contribution is 2.21. The molecule has 0 aliphatic carbocycles. The quantitative estimate of drug-likeness (QED) is 0.718. The van der Waals surface area contributed by atoms with Crippen molar-refractivity contribution in [2.24, 2.45) is 0 Å². The van der Waals surface area contributed by atoms with Crippen LogP contribution in [0.5, 0.6) is 0 Å². The number of hydrogen-bond acceptors (Lipinski definition) is 2. The van der Waals surface area contributed by atoms with Gasteiger partial charge in [-0.1, -0.05) is 46.9 Å². The lowest BCUT2D eigenvalue weighted by Gasteiger charge is -2.06. The van der Waals surface area contributed by atoms with Gasteiger partial charge in [-0.2, -0.15) is 0 Å². The van der Waals surface area contributed by atoms with Crippen LogP contribution in [0.3, 0.4) is 0 Å². The van der Waals surface area contributed by atoms with Crippen molar-refractivity contribution in [1.29, 1.82) is 0 Å². The van der Waals surface area contributed by atoms with Gasteiger partial charge < -0.3 is 4.74 Å². The van der Waals surface area contributed by atoms with Crippen LogP contribution in [0.25, 0.3) is 0 Å². The van der Waals surface area contributed by atoms with Gasteiger partial charge in [0, 0.05) is 15.6 Å². The van der Waals surface area contributed by atoms with Crippen LogP contribution in [-0.2, 0) is 11.3 Å². The predicted molar refractivity (Wildman–Crippen MR) is 81.9 cm³/mol. The Morgan fingerprint density at radius 3 is 2.30 bits per heavy atom. The van der Waals surface area contributed by atoms with E-state index in [-0.39, 0.29) is 12.4 Å². The second-order valence-electron chi connectivity index (χ2n) is 4.17. The lowest BCUT2D eigenvalue weighted by Crippen LogP contribution is -2.09. The molecule has 2 nitrogen and oxygen atoms in total. The van der Waals surface area contributed by atoms with Crippen molar-refractivity contribution >= 4 is 40.6 Å². The molecule has 2 aromatic carbocycles. The molecule has 0 fully saturated rings. The lowest BCUT2D eigenvalue weighted by molar-refractivity contribution is 0.0727. The van der Waals surface area contributed by atoms with Gasteiger partial charge in [-0.3, -0.25) is 4.79 Å². The van der Waals surface area contributed by atoms with Crippen LogP contribution in [0.2, 0.25) is 15.1 Å². The summed E-state index contributed by atoms with van der Waals surface area (Å²) in [6, 6.07) is 12.0. The highest BCUT2D eigenvalue weighted by atomic mass is 35.5. The van der Waals surface area contributed by atoms with E-state index in [0.29, 0.717) is 27.2 Å². The molecule has 0 bridgehead atoms. The summed E-state index contributed by atoms with van der Waals surface area (Å²) in [6.45, 7) is 0.282. The molecule has 2 aromatic rings. The van der Waals surface area contributed by atoms with Crippen molar-refractivity contribution in [3.05, 3.63) is 68.7 Å². The van der Waals surface area contributed by atoms with Crippen molar-refractivity contribution in [2.45, 2.75) is 6.61 Å². The molecule has 0 atom stereocenters. The van der Waals surface area contributed by atoms with Crippen molar-refractivity contribution in [1.82, 2.24) is 0 Å². The second kappa shape index (κ2) is 7.09. The zero-order valence-electron chi connectivity index (χ0n) is 10.4. The van der Waals surface area contributed by atoms with Gasteiger partial charge in [-0.05, 0) is 35.9 Å². The largest absolute Gasteiger partial charge is 0.369 e. The lowest BCUT2D eigenvalue weighted by atomic mass is 10.1. The average molecular weight is 330 g/mol. The van der Waals surface area contributed by atoms with Crippen molar-refractivity contribution < 1.29 is 9.53 Å². The predicted octanol–water partition coefficient (Wildman–Crippen LogP) is 5.05. The summed E-state index contributed by atoms with van der Waals surface area (Å²) in [5.74, 6) is -0.202. The van der Waals surface area contributed by atoms with Crippen LogP contribution in [0, 0.1) is 0 Å². The Bertz CT molecular complexity index is 609. The van der Waals surface area contributed by atoms with Gasteiger partial charge in [0.15, 0.2) is 5.78 Å². The third kappa shape index (κ3) is 4.22. The SMILES string of the molecule is O=C(COCc1ccc(Cl)cc1)c1cc(Cl)ccc1Cl. The van der Waals surface area contributed by atoms with Crippen LogP contribution < -0.4 is 0 Å². The molecular formula is C15H11Cl3O2. The van der Waals surface area contributed by atoms with Gasteiger partial charge in [-0.15, -0.1) is 0 Å². The molecule has 0 unspecified atom stereocenters. The molecule has 2 rings (SSSR count). The van der Waals surface area contributed by atoms with Gasteiger partial charge in [-0.25, -0.2) is 0 Å². The summed E-state index contributed by atoms with van der Waals surface area (Å²) in [6.07, 6.45) is 0. The molecular weight excluding hydrogens is 319 g/mol. The van der Waals surface area contributed by atoms with Crippen LogP contribution in [0.15, 0.2) is 42.5 Å². The first-order valence-corrected chi connectivity index (χ1v) is 7.00. The maximum Gasteiger partial charge on any atom is 0.190 e. The number of hydrogen-bond donors (Lipinski definition) is 0. The fourth-order valence-corrected chi connectivity index (χ4v) is 2.15. The standard InChI is InChI=1S/C15H11Cl3O2/c16-11-3-1-10(2-4-11)8-20-9-15(19)13-7-12(17)5-6-14(13)18/h1-7H,8-9H2. The minimum atomic E-state index is -0.202. The van der Waals surface area contributed by atoms with E-state index in [1.54, 1.807) is 24.3 Å². The zero-order chi connectivity index (χ0) is 14.5. The van der Waals surface area contributed by atoms with Gasteiger partial charge in [0.25, 0.3) is 0 Å². The maximum absolute atomic E-state index is 12.0. The smallest absolute Gasteiger partial charge is 0.190 e. The molecule has 0 aliphatic rings. The van der Waals surface area contributed by atoms with Gasteiger partial charge in [0.1, 0.15) is 6.61 Å². The first-order chi connectivity index (χ1) is 9.56. The minimum Gasteiger partial charge on any atom is -0.369 e. The molecule has 0 saturated carbocycles. The number of halogens is 3. The first kappa shape index (κ1) is 15.3. The molecule has 104 valence electrons. The Hall–Kier alpha value is -1.06. The Balaban J connectivity index is 1.92. The Morgan fingerprint density at radius 1 is 0.950 bits per heavy atom. The van der Waals surface area contributed by atoms with Gasteiger partial charge >= 0.3 is 0 Å².